The van der Waals surface area contributed by atoms with Gasteiger partial charge in [-0.25, -0.2) is 0 Å². The Morgan fingerprint density at radius 2 is 2.17 bits per heavy atom. The van der Waals surface area contributed by atoms with Crippen molar-refractivity contribution in [2.75, 3.05) is 19.7 Å². The van der Waals surface area contributed by atoms with Gasteiger partial charge in [-0.05, 0) is 45.1 Å². The van der Waals surface area contributed by atoms with Gasteiger partial charge in [0.15, 0.2) is 18.1 Å². The molecule has 0 bridgehead atoms. The predicted octanol–water partition coefficient (Wildman–Crippen LogP) is 3.43. The Kier molecular flexibility index (Phi) is 4.51. The molecule has 4 heteroatoms. The first kappa shape index (κ1) is 16.2. The third-order valence-corrected chi connectivity index (χ3v) is 4.43. The first-order valence-electron chi connectivity index (χ1n) is 8.70. The first-order valence-corrected chi connectivity index (χ1v) is 8.70. The number of ether oxygens (including phenoxy) is 2. The highest BCUT2D eigenvalue weighted by Gasteiger charge is 2.32. The minimum absolute atomic E-state index is 0.0774. The Hall–Kier alpha value is -1.71. The Bertz CT molecular complexity index is 578. The molecule has 1 fully saturated rings. The summed E-state index contributed by atoms with van der Waals surface area (Å²) < 4.78 is 11.8. The number of hydrogen-bond donors (Lipinski definition) is 0. The number of carbonyl (C=O) groups excluding carboxylic acids is 1. The number of benzene rings is 1. The fraction of sp³-hybridized carbons (Fsp3) is 0.632. The summed E-state index contributed by atoms with van der Waals surface area (Å²) in [6, 6.07) is 5.92. The van der Waals surface area contributed by atoms with Crippen LogP contribution in [0.5, 0.6) is 11.5 Å². The smallest absolute Gasteiger partial charge is 0.260 e. The van der Waals surface area contributed by atoms with Crippen LogP contribution in [-0.2, 0) is 11.2 Å². The van der Waals surface area contributed by atoms with Crippen LogP contribution in [0, 0.1) is 5.92 Å². The Labute approximate surface area is 138 Å². The Balaban J connectivity index is 1.62. The number of nitrogens with zero attached hydrogens (tertiary/aromatic N) is 1. The van der Waals surface area contributed by atoms with E-state index < -0.39 is 0 Å². The molecule has 1 aliphatic heterocycles. The largest absolute Gasteiger partial charge is 0.483 e. The second-order valence-electron chi connectivity index (χ2n) is 7.35. The highest BCUT2D eigenvalue weighted by atomic mass is 16.5. The van der Waals surface area contributed by atoms with E-state index in [2.05, 4.69) is 26.8 Å². The zero-order valence-corrected chi connectivity index (χ0v) is 14.4. The van der Waals surface area contributed by atoms with E-state index in [1.807, 2.05) is 17.0 Å². The molecule has 1 aromatic rings. The molecular weight excluding hydrogens is 290 g/mol. The van der Waals surface area contributed by atoms with Gasteiger partial charge in [0.25, 0.3) is 5.91 Å². The van der Waals surface area contributed by atoms with Crippen LogP contribution >= 0.6 is 0 Å². The number of amides is 1. The Morgan fingerprint density at radius 3 is 2.87 bits per heavy atom. The van der Waals surface area contributed by atoms with Gasteiger partial charge in [0.2, 0.25) is 0 Å². The van der Waals surface area contributed by atoms with Gasteiger partial charge < -0.3 is 14.4 Å². The molecule has 1 aliphatic carbocycles. The molecule has 23 heavy (non-hydrogen) atoms. The van der Waals surface area contributed by atoms with Gasteiger partial charge in [0.1, 0.15) is 5.60 Å². The van der Waals surface area contributed by atoms with Crippen LogP contribution in [0.1, 0.15) is 45.6 Å². The van der Waals surface area contributed by atoms with Crippen LogP contribution in [-0.4, -0.2) is 36.1 Å². The molecule has 0 unspecified atom stereocenters. The van der Waals surface area contributed by atoms with Crippen LogP contribution in [0.3, 0.4) is 0 Å². The molecular formula is C19H27NO3. The molecule has 4 nitrogen and oxygen atoms in total. The van der Waals surface area contributed by atoms with E-state index in [0.717, 1.165) is 37.2 Å². The molecule has 0 atom stereocenters. The van der Waals surface area contributed by atoms with Crippen molar-refractivity contribution in [3.05, 3.63) is 23.8 Å². The first-order chi connectivity index (χ1) is 11.0. The van der Waals surface area contributed by atoms with Crippen molar-refractivity contribution in [3.8, 4) is 11.5 Å². The molecule has 1 aromatic carbocycles. The minimum Gasteiger partial charge on any atom is -0.483 e. The molecule has 0 aromatic heterocycles. The van der Waals surface area contributed by atoms with Crippen LogP contribution in [0.15, 0.2) is 18.2 Å². The lowest BCUT2D eigenvalue weighted by Gasteiger charge is -2.22. The molecule has 0 N–H and O–H groups in total. The summed E-state index contributed by atoms with van der Waals surface area (Å²) in [4.78, 5) is 14.4. The standard InChI is InChI=1S/C19H27NO3/c1-4-10-20(12-14-8-9-14)17(21)13-22-16-7-5-6-15-11-19(2,3)23-18(15)16/h5-7,14H,4,8-13H2,1-3H3. The number of rotatable bonds is 7. The molecule has 1 saturated carbocycles. The molecule has 0 saturated heterocycles. The minimum atomic E-state index is -0.202. The monoisotopic (exact) mass is 317 g/mol. The van der Waals surface area contributed by atoms with Gasteiger partial charge in [-0.1, -0.05) is 19.1 Å². The van der Waals surface area contributed by atoms with Crippen LogP contribution in [0.2, 0.25) is 0 Å². The molecule has 0 spiro atoms. The van der Waals surface area contributed by atoms with Gasteiger partial charge in [-0.15, -0.1) is 0 Å². The fourth-order valence-electron chi connectivity index (χ4n) is 3.13. The number of fused-ring (bicyclic) bond motifs is 1. The molecule has 126 valence electrons. The van der Waals surface area contributed by atoms with Crippen LogP contribution in [0.4, 0.5) is 0 Å². The third-order valence-electron chi connectivity index (χ3n) is 4.43. The van der Waals surface area contributed by atoms with E-state index in [0.29, 0.717) is 11.7 Å². The van der Waals surface area contributed by atoms with E-state index in [-0.39, 0.29) is 18.1 Å². The summed E-state index contributed by atoms with van der Waals surface area (Å²) in [6.07, 6.45) is 4.36. The van der Waals surface area contributed by atoms with Crippen molar-refractivity contribution in [1.29, 1.82) is 0 Å². The van der Waals surface area contributed by atoms with Crippen molar-refractivity contribution in [2.45, 2.75) is 52.1 Å². The maximum absolute atomic E-state index is 12.5. The van der Waals surface area contributed by atoms with Crippen molar-refractivity contribution < 1.29 is 14.3 Å². The predicted molar refractivity (Wildman–Crippen MR) is 89.9 cm³/mol. The zero-order valence-electron chi connectivity index (χ0n) is 14.4. The van der Waals surface area contributed by atoms with E-state index in [4.69, 9.17) is 9.47 Å². The van der Waals surface area contributed by atoms with Crippen molar-refractivity contribution in [3.63, 3.8) is 0 Å². The summed E-state index contributed by atoms with van der Waals surface area (Å²) in [7, 11) is 0. The Morgan fingerprint density at radius 1 is 1.39 bits per heavy atom. The molecule has 1 heterocycles. The van der Waals surface area contributed by atoms with E-state index in [1.54, 1.807) is 0 Å². The van der Waals surface area contributed by atoms with E-state index in [9.17, 15) is 4.79 Å². The third kappa shape index (κ3) is 3.98. The summed E-state index contributed by atoms with van der Waals surface area (Å²) in [5, 5.41) is 0. The lowest BCUT2D eigenvalue weighted by atomic mass is 10.0. The van der Waals surface area contributed by atoms with Gasteiger partial charge in [0, 0.05) is 25.1 Å². The highest BCUT2D eigenvalue weighted by molar-refractivity contribution is 5.78. The van der Waals surface area contributed by atoms with Crippen molar-refractivity contribution >= 4 is 5.91 Å². The van der Waals surface area contributed by atoms with Crippen molar-refractivity contribution in [2.24, 2.45) is 5.92 Å². The molecule has 1 amide bonds. The second-order valence-corrected chi connectivity index (χ2v) is 7.35. The van der Waals surface area contributed by atoms with Crippen LogP contribution in [0.25, 0.3) is 0 Å². The summed E-state index contributed by atoms with van der Waals surface area (Å²) in [5.41, 5.74) is 0.954. The zero-order chi connectivity index (χ0) is 16.4. The lowest BCUT2D eigenvalue weighted by molar-refractivity contribution is -0.133. The fourth-order valence-corrected chi connectivity index (χ4v) is 3.13. The normalized spacial score (nSPS) is 18.2. The van der Waals surface area contributed by atoms with E-state index >= 15 is 0 Å². The van der Waals surface area contributed by atoms with Gasteiger partial charge >= 0.3 is 0 Å². The maximum atomic E-state index is 12.5. The SMILES string of the molecule is CCCN(CC1CC1)C(=O)COc1cccc2c1OC(C)(C)C2. The summed E-state index contributed by atoms with van der Waals surface area (Å²) >= 11 is 0. The quantitative estimate of drug-likeness (QED) is 0.773. The van der Waals surface area contributed by atoms with Gasteiger partial charge in [-0.2, -0.15) is 0 Å². The maximum Gasteiger partial charge on any atom is 0.260 e. The second kappa shape index (κ2) is 6.42. The summed E-state index contributed by atoms with van der Waals surface area (Å²) in [5.74, 6) is 2.27. The number of para-hydroxylation sites is 1. The average Bonchev–Trinajstić information content (AvgIpc) is 3.24. The number of hydrogen-bond acceptors (Lipinski definition) is 3. The summed E-state index contributed by atoms with van der Waals surface area (Å²) in [6.45, 7) is 8.03. The van der Waals surface area contributed by atoms with E-state index in [1.165, 1.54) is 12.8 Å². The van der Waals surface area contributed by atoms with Crippen LogP contribution < -0.4 is 9.47 Å². The lowest BCUT2D eigenvalue weighted by Crippen LogP contribution is -2.37. The highest BCUT2D eigenvalue weighted by Crippen LogP contribution is 2.41. The topological polar surface area (TPSA) is 38.8 Å². The molecule has 2 aliphatic rings. The molecule has 0 radical (unpaired) electrons. The van der Waals surface area contributed by atoms with Gasteiger partial charge in [-0.3, -0.25) is 4.79 Å². The molecule has 3 rings (SSSR count). The van der Waals surface area contributed by atoms with Gasteiger partial charge in [0.05, 0.1) is 0 Å². The van der Waals surface area contributed by atoms with Crippen molar-refractivity contribution in [1.82, 2.24) is 4.90 Å². The number of carbonyl (C=O) groups is 1. The average molecular weight is 317 g/mol.